The smallest absolute Gasteiger partial charge is 0.153 e. The van der Waals surface area contributed by atoms with E-state index in [9.17, 15) is 4.39 Å². The van der Waals surface area contributed by atoms with Gasteiger partial charge in [0.15, 0.2) is 5.82 Å². The highest BCUT2D eigenvalue weighted by Crippen LogP contribution is 2.42. The maximum Gasteiger partial charge on any atom is 0.153 e. The molecular formula is C28H40ClFO2. The minimum atomic E-state index is -0.354. The quantitative estimate of drug-likeness (QED) is 0.404. The van der Waals surface area contributed by atoms with Crippen molar-refractivity contribution in [2.24, 2.45) is 23.7 Å². The molecule has 1 saturated carbocycles. The van der Waals surface area contributed by atoms with Crippen molar-refractivity contribution in [2.45, 2.75) is 90.6 Å². The average Bonchev–Trinajstić information content (AvgIpc) is 2.83. The molecule has 0 spiro atoms. The first kappa shape index (κ1) is 24.1. The number of benzene rings is 1. The number of hydrogen-bond acceptors (Lipinski definition) is 2. The molecule has 3 atom stereocenters. The summed E-state index contributed by atoms with van der Waals surface area (Å²) in [4.78, 5) is 0. The lowest BCUT2D eigenvalue weighted by Gasteiger charge is -2.40. The van der Waals surface area contributed by atoms with Crippen molar-refractivity contribution in [2.75, 3.05) is 13.2 Å². The second-order valence-electron chi connectivity index (χ2n) is 10.2. The summed E-state index contributed by atoms with van der Waals surface area (Å²) in [6, 6.07) is 3.60. The maximum absolute atomic E-state index is 14.8. The topological polar surface area (TPSA) is 18.5 Å². The highest BCUT2D eigenvalue weighted by atomic mass is 35.5. The first-order valence-electron chi connectivity index (χ1n) is 13.0. The summed E-state index contributed by atoms with van der Waals surface area (Å²) in [6.07, 6.45) is 16.5. The molecule has 32 heavy (non-hydrogen) atoms. The Labute approximate surface area is 198 Å². The van der Waals surface area contributed by atoms with Crippen LogP contribution >= 0.6 is 11.6 Å². The molecule has 0 aromatic heterocycles. The summed E-state index contributed by atoms with van der Waals surface area (Å²) in [6.45, 7) is 5.61. The first-order valence-corrected chi connectivity index (χ1v) is 13.4. The van der Waals surface area contributed by atoms with Crippen molar-refractivity contribution < 1.29 is 13.9 Å². The molecule has 3 aliphatic rings. The molecule has 0 amide bonds. The van der Waals surface area contributed by atoms with Gasteiger partial charge in [-0.3, -0.25) is 0 Å². The van der Waals surface area contributed by atoms with Crippen molar-refractivity contribution in [1.29, 1.82) is 0 Å². The van der Waals surface area contributed by atoms with Gasteiger partial charge in [0.2, 0.25) is 0 Å². The fourth-order valence-corrected chi connectivity index (χ4v) is 6.60. The highest BCUT2D eigenvalue weighted by Gasteiger charge is 2.34. The van der Waals surface area contributed by atoms with Crippen LogP contribution in [0.2, 0.25) is 5.02 Å². The summed E-state index contributed by atoms with van der Waals surface area (Å²) >= 11 is 6.20. The Balaban J connectivity index is 1.28. The van der Waals surface area contributed by atoms with E-state index < -0.39 is 0 Å². The van der Waals surface area contributed by atoms with E-state index in [1.807, 2.05) is 13.0 Å². The molecule has 2 fully saturated rings. The van der Waals surface area contributed by atoms with Crippen LogP contribution in [0.15, 0.2) is 18.2 Å². The fourth-order valence-electron chi connectivity index (χ4n) is 6.38. The predicted octanol–water partition coefficient (Wildman–Crippen LogP) is 8.46. The van der Waals surface area contributed by atoms with Crippen LogP contribution in [0.5, 0.6) is 5.75 Å². The molecule has 0 bridgehead atoms. The third-order valence-corrected chi connectivity index (χ3v) is 8.62. The molecular weight excluding hydrogens is 423 g/mol. The molecule has 0 radical (unpaired) electrons. The van der Waals surface area contributed by atoms with Gasteiger partial charge in [-0.2, -0.15) is 0 Å². The number of rotatable bonds is 7. The van der Waals surface area contributed by atoms with Gasteiger partial charge in [0.25, 0.3) is 0 Å². The lowest BCUT2D eigenvalue weighted by Crippen LogP contribution is -2.36. The Morgan fingerprint density at radius 1 is 1.00 bits per heavy atom. The van der Waals surface area contributed by atoms with E-state index in [0.29, 0.717) is 29.9 Å². The van der Waals surface area contributed by atoms with Crippen LogP contribution in [0.4, 0.5) is 4.39 Å². The molecule has 0 N–H and O–H groups in total. The second-order valence-corrected chi connectivity index (χ2v) is 10.6. The predicted molar refractivity (Wildman–Crippen MR) is 131 cm³/mol. The first-order chi connectivity index (χ1) is 15.6. The summed E-state index contributed by atoms with van der Waals surface area (Å²) < 4.78 is 26.7. The molecule has 1 saturated heterocycles. The monoisotopic (exact) mass is 462 g/mol. The Bertz CT molecular complexity index is 776. The van der Waals surface area contributed by atoms with Gasteiger partial charge in [-0.05, 0) is 93.2 Å². The highest BCUT2D eigenvalue weighted by molar-refractivity contribution is 6.32. The minimum Gasteiger partial charge on any atom is -0.492 e. The molecule has 4 heteroatoms. The minimum absolute atomic E-state index is 0.0951. The van der Waals surface area contributed by atoms with Gasteiger partial charge in [-0.1, -0.05) is 50.3 Å². The van der Waals surface area contributed by atoms with E-state index in [1.54, 1.807) is 6.07 Å². The van der Waals surface area contributed by atoms with Gasteiger partial charge in [-0.25, -0.2) is 4.39 Å². The molecule has 3 unspecified atom stereocenters. The van der Waals surface area contributed by atoms with Crippen LogP contribution in [0, 0.1) is 29.5 Å². The summed E-state index contributed by atoms with van der Waals surface area (Å²) in [5, 5.41) is 0.0951. The largest absolute Gasteiger partial charge is 0.492 e. The number of allylic oxidation sites excluding steroid dienone is 2. The zero-order valence-corrected chi connectivity index (χ0v) is 20.6. The summed E-state index contributed by atoms with van der Waals surface area (Å²) in [5.74, 6) is 3.26. The van der Waals surface area contributed by atoms with Crippen molar-refractivity contribution in [3.63, 3.8) is 0 Å². The standard InChI is InChI=1S/C28H40ClFO2/c1-3-5-19-6-8-20(9-7-19)23-14-16-25(32-18-23)22-12-10-21(11-13-22)24-15-17-26(31-4-2)27(29)28(24)30/h10,15,17,19-20,22-23,25H,3-9,11-14,16,18H2,1-2H3. The molecule has 1 aromatic rings. The van der Waals surface area contributed by atoms with Crippen molar-refractivity contribution in [1.82, 2.24) is 0 Å². The van der Waals surface area contributed by atoms with E-state index in [-0.39, 0.29) is 10.8 Å². The van der Waals surface area contributed by atoms with Gasteiger partial charge in [0.05, 0.1) is 19.3 Å². The van der Waals surface area contributed by atoms with Gasteiger partial charge in [0.1, 0.15) is 10.8 Å². The van der Waals surface area contributed by atoms with Crippen molar-refractivity contribution in [3.8, 4) is 5.75 Å². The second kappa shape index (κ2) is 11.4. The average molecular weight is 463 g/mol. The van der Waals surface area contributed by atoms with Crippen LogP contribution in [0.25, 0.3) is 5.57 Å². The van der Waals surface area contributed by atoms with E-state index >= 15 is 0 Å². The molecule has 1 aliphatic heterocycles. The Hall–Kier alpha value is -1.06. The van der Waals surface area contributed by atoms with Crippen molar-refractivity contribution in [3.05, 3.63) is 34.6 Å². The molecule has 4 rings (SSSR count). The SMILES string of the molecule is CCCC1CCC(C2CCC(C3CC=C(c4ccc(OCC)c(Cl)c4F)CC3)OC2)CC1. The van der Waals surface area contributed by atoms with E-state index in [1.165, 1.54) is 51.4 Å². The van der Waals surface area contributed by atoms with Crippen LogP contribution < -0.4 is 4.74 Å². The Kier molecular flexibility index (Phi) is 8.56. The lowest BCUT2D eigenvalue weighted by molar-refractivity contribution is -0.0664. The lowest BCUT2D eigenvalue weighted by atomic mass is 9.72. The van der Waals surface area contributed by atoms with Gasteiger partial charge >= 0.3 is 0 Å². The Morgan fingerprint density at radius 3 is 2.41 bits per heavy atom. The fraction of sp³-hybridized carbons (Fsp3) is 0.714. The van der Waals surface area contributed by atoms with Crippen molar-refractivity contribution >= 4 is 17.2 Å². The Morgan fingerprint density at radius 2 is 1.78 bits per heavy atom. The maximum atomic E-state index is 14.8. The summed E-state index contributed by atoms with van der Waals surface area (Å²) in [7, 11) is 0. The number of ether oxygens (including phenoxy) is 2. The van der Waals surface area contributed by atoms with Crippen LogP contribution in [0.1, 0.15) is 90.0 Å². The zero-order chi connectivity index (χ0) is 22.5. The van der Waals surface area contributed by atoms with Crippen LogP contribution in [-0.2, 0) is 4.74 Å². The van der Waals surface area contributed by atoms with Gasteiger partial charge in [0, 0.05) is 5.56 Å². The van der Waals surface area contributed by atoms with E-state index in [0.717, 1.165) is 49.2 Å². The number of hydrogen-bond donors (Lipinski definition) is 0. The molecule has 1 heterocycles. The van der Waals surface area contributed by atoms with Crippen LogP contribution in [-0.4, -0.2) is 19.3 Å². The third kappa shape index (κ3) is 5.53. The number of halogens is 2. The van der Waals surface area contributed by atoms with E-state index in [2.05, 4.69) is 13.0 Å². The molecule has 178 valence electrons. The normalized spacial score (nSPS) is 31.2. The molecule has 1 aromatic carbocycles. The summed E-state index contributed by atoms with van der Waals surface area (Å²) in [5.41, 5.74) is 1.70. The van der Waals surface area contributed by atoms with Crippen LogP contribution in [0.3, 0.4) is 0 Å². The zero-order valence-electron chi connectivity index (χ0n) is 19.9. The van der Waals surface area contributed by atoms with Gasteiger partial charge < -0.3 is 9.47 Å². The molecule has 2 aliphatic carbocycles. The third-order valence-electron chi connectivity index (χ3n) is 8.27. The molecule has 2 nitrogen and oxygen atoms in total. The van der Waals surface area contributed by atoms with E-state index in [4.69, 9.17) is 21.1 Å². The van der Waals surface area contributed by atoms with Gasteiger partial charge in [-0.15, -0.1) is 0 Å².